The molecule has 0 amide bonds. The second kappa shape index (κ2) is 10.4. The van der Waals surface area contributed by atoms with Crippen molar-refractivity contribution in [3.05, 3.63) is 0 Å². The predicted molar refractivity (Wildman–Crippen MR) is 63.8 cm³/mol. The molecule has 0 fully saturated rings. The first kappa shape index (κ1) is 14.9. The second-order valence-corrected chi connectivity index (χ2v) is 3.82. The molecule has 0 saturated carbocycles. The number of nitrogens with two attached hydrogens (primary N) is 1. The molecule has 92 valence electrons. The Morgan fingerprint density at radius 1 is 0.933 bits per heavy atom. The van der Waals surface area contributed by atoms with E-state index in [4.69, 9.17) is 15.2 Å². The third kappa shape index (κ3) is 8.85. The minimum atomic E-state index is -0.0623. The first-order valence-corrected chi connectivity index (χ1v) is 6.23. The van der Waals surface area contributed by atoms with Gasteiger partial charge in [-0.25, -0.2) is 0 Å². The summed E-state index contributed by atoms with van der Waals surface area (Å²) in [5.41, 5.74) is 5.99. The highest BCUT2D eigenvalue weighted by molar-refractivity contribution is 4.62. The largest absolute Gasteiger partial charge is 0.353 e. The van der Waals surface area contributed by atoms with Crippen molar-refractivity contribution in [2.75, 3.05) is 13.2 Å². The number of hydrogen-bond acceptors (Lipinski definition) is 3. The summed E-state index contributed by atoms with van der Waals surface area (Å²) in [4.78, 5) is 0. The highest BCUT2D eigenvalue weighted by atomic mass is 16.7. The van der Waals surface area contributed by atoms with Gasteiger partial charge in [0.1, 0.15) is 0 Å². The maximum absolute atomic E-state index is 5.99. The Morgan fingerprint density at radius 2 is 1.53 bits per heavy atom. The normalized spacial score (nSPS) is 13.4. The summed E-state index contributed by atoms with van der Waals surface area (Å²) in [5, 5.41) is 0. The van der Waals surface area contributed by atoms with Crippen LogP contribution in [0, 0.1) is 0 Å². The van der Waals surface area contributed by atoms with Crippen LogP contribution >= 0.6 is 0 Å². The van der Waals surface area contributed by atoms with E-state index in [0.29, 0.717) is 19.3 Å². The molecule has 0 aromatic carbocycles. The van der Waals surface area contributed by atoms with E-state index in [0.717, 1.165) is 19.3 Å². The molecule has 0 radical (unpaired) electrons. The van der Waals surface area contributed by atoms with Crippen LogP contribution in [0.2, 0.25) is 0 Å². The molecule has 0 aliphatic carbocycles. The number of hydrogen-bond donors (Lipinski definition) is 1. The van der Waals surface area contributed by atoms with Gasteiger partial charge in [0.05, 0.1) is 0 Å². The Kier molecular flexibility index (Phi) is 10.3. The summed E-state index contributed by atoms with van der Waals surface area (Å²) in [6, 6.07) is 0.299. The lowest BCUT2D eigenvalue weighted by Gasteiger charge is -2.19. The van der Waals surface area contributed by atoms with Crippen LogP contribution in [0.4, 0.5) is 0 Å². The van der Waals surface area contributed by atoms with Crippen LogP contribution in [0.25, 0.3) is 0 Å². The van der Waals surface area contributed by atoms with E-state index in [1.807, 2.05) is 13.8 Å². The summed E-state index contributed by atoms with van der Waals surface area (Å²) in [7, 11) is 0. The first-order chi connectivity index (χ1) is 7.24. The Bertz CT molecular complexity index is 125. The van der Waals surface area contributed by atoms with Gasteiger partial charge in [0, 0.05) is 19.3 Å². The Labute approximate surface area is 94.3 Å². The molecule has 0 aliphatic rings. The average molecular weight is 217 g/mol. The van der Waals surface area contributed by atoms with Crippen LogP contribution in [-0.2, 0) is 9.47 Å². The van der Waals surface area contributed by atoms with Gasteiger partial charge in [0.15, 0.2) is 6.29 Å². The second-order valence-electron chi connectivity index (χ2n) is 3.82. The van der Waals surface area contributed by atoms with E-state index in [9.17, 15) is 0 Å². The molecule has 1 unspecified atom stereocenters. The Hall–Kier alpha value is -0.120. The molecule has 0 bridgehead atoms. The summed E-state index contributed by atoms with van der Waals surface area (Å²) in [5.74, 6) is 0. The number of ether oxygens (including phenoxy) is 2. The predicted octanol–water partition coefficient (Wildman–Crippen LogP) is 2.68. The van der Waals surface area contributed by atoms with Crippen LogP contribution in [-0.4, -0.2) is 25.5 Å². The zero-order valence-electron chi connectivity index (χ0n) is 10.5. The summed E-state index contributed by atoms with van der Waals surface area (Å²) in [6.07, 6.45) is 5.38. The zero-order valence-corrected chi connectivity index (χ0v) is 10.5. The van der Waals surface area contributed by atoms with E-state index in [1.165, 1.54) is 12.8 Å². The van der Waals surface area contributed by atoms with Crippen molar-refractivity contribution in [2.24, 2.45) is 5.73 Å². The Morgan fingerprint density at radius 3 is 2.00 bits per heavy atom. The van der Waals surface area contributed by atoms with Crippen molar-refractivity contribution in [1.29, 1.82) is 0 Å². The minimum absolute atomic E-state index is 0.0623. The first-order valence-electron chi connectivity index (χ1n) is 6.23. The van der Waals surface area contributed by atoms with Crippen molar-refractivity contribution in [3.63, 3.8) is 0 Å². The third-order valence-corrected chi connectivity index (χ3v) is 2.41. The molecule has 3 nitrogen and oxygen atoms in total. The van der Waals surface area contributed by atoms with Crippen LogP contribution < -0.4 is 5.73 Å². The molecule has 3 heteroatoms. The van der Waals surface area contributed by atoms with Gasteiger partial charge in [0.25, 0.3) is 0 Å². The van der Waals surface area contributed by atoms with E-state index in [-0.39, 0.29) is 6.29 Å². The van der Waals surface area contributed by atoms with E-state index < -0.39 is 0 Å². The average Bonchev–Trinajstić information content (AvgIpc) is 2.23. The van der Waals surface area contributed by atoms with Crippen molar-refractivity contribution >= 4 is 0 Å². The standard InChI is InChI=1S/C12H27NO2/c1-4-7-8-11(13)9-10-12(14-5-2)15-6-3/h11-12H,4-10,13H2,1-3H3. The molecule has 1 atom stereocenters. The fourth-order valence-corrected chi connectivity index (χ4v) is 1.55. The van der Waals surface area contributed by atoms with Crippen LogP contribution in [0.5, 0.6) is 0 Å². The van der Waals surface area contributed by atoms with Crippen LogP contribution in [0.1, 0.15) is 52.9 Å². The summed E-state index contributed by atoms with van der Waals surface area (Å²) >= 11 is 0. The van der Waals surface area contributed by atoms with Gasteiger partial charge in [0.2, 0.25) is 0 Å². The van der Waals surface area contributed by atoms with Gasteiger partial charge in [-0.15, -0.1) is 0 Å². The maximum atomic E-state index is 5.99. The fourth-order valence-electron chi connectivity index (χ4n) is 1.55. The SMILES string of the molecule is CCCCC(N)CCC(OCC)OCC. The van der Waals surface area contributed by atoms with Gasteiger partial charge in [-0.3, -0.25) is 0 Å². The van der Waals surface area contributed by atoms with E-state index >= 15 is 0 Å². The van der Waals surface area contributed by atoms with Gasteiger partial charge in [-0.1, -0.05) is 19.8 Å². The monoisotopic (exact) mass is 217 g/mol. The zero-order chi connectivity index (χ0) is 11.5. The molecule has 0 aromatic rings. The quantitative estimate of drug-likeness (QED) is 0.572. The van der Waals surface area contributed by atoms with Gasteiger partial charge in [-0.05, 0) is 33.1 Å². The summed E-state index contributed by atoms with van der Waals surface area (Å²) < 4.78 is 10.9. The maximum Gasteiger partial charge on any atom is 0.157 e. The van der Waals surface area contributed by atoms with Crippen molar-refractivity contribution in [2.45, 2.75) is 65.2 Å². The van der Waals surface area contributed by atoms with Crippen molar-refractivity contribution < 1.29 is 9.47 Å². The molecule has 15 heavy (non-hydrogen) atoms. The molecule has 0 rings (SSSR count). The molecule has 0 aliphatic heterocycles. The third-order valence-electron chi connectivity index (χ3n) is 2.41. The Balaban J connectivity index is 3.57. The molecular formula is C12H27NO2. The van der Waals surface area contributed by atoms with Crippen molar-refractivity contribution in [3.8, 4) is 0 Å². The van der Waals surface area contributed by atoms with Gasteiger partial charge < -0.3 is 15.2 Å². The molecule has 0 saturated heterocycles. The molecule has 0 heterocycles. The van der Waals surface area contributed by atoms with E-state index in [2.05, 4.69) is 6.92 Å². The lowest BCUT2D eigenvalue weighted by molar-refractivity contribution is -0.140. The highest BCUT2D eigenvalue weighted by Crippen LogP contribution is 2.10. The highest BCUT2D eigenvalue weighted by Gasteiger charge is 2.10. The number of rotatable bonds is 10. The van der Waals surface area contributed by atoms with Gasteiger partial charge in [-0.2, -0.15) is 0 Å². The lowest BCUT2D eigenvalue weighted by Crippen LogP contribution is -2.24. The minimum Gasteiger partial charge on any atom is -0.353 e. The topological polar surface area (TPSA) is 44.5 Å². The molecule has 0 spiro atoms. The summed E-state index contributed by atoms with van der Waals surface area (Å²) in [6.45, 7) is 7.58. The van der Waals surface area contributed by atoms with Crippen molar-refractivity contribution in [1.82, 2.24) is 0 Å². The lowest BCUT2D eigenvalue weighted by atomic mass is 10.1. The van der Waals surface area contributed by atoms with Gasteiger partial charge >= 0.3 is 0 Å². The molecular weight excluding hydrogens is 190 g/mol. The number of unbranched alkanes of at least 4 members (excludes halogenated alkanes) is 1. The fraction of sp³-hybridized carbons (Fsp3) is 1.00. The van der Waals surface area contributed by atoms with E-state index in [1.54, 1.807) is 0 Å². The smallest absolute Gasteiger partial charge is 0.157 e. The van der Waals surface area contributed by atoms with Crippen LogP contribution in [0.3, 0.4) is 0 Å². The molecule has 2 N–H and O–H groups in total. The van der Waals surface area contributed by atoms with Crippen LogP contribution in [0.15, 0.2) is 0 Å². The molecule has 0 aromatic heterocycles.